The molecular weight excluding hydrogens is 180 g/mol. The Kier molecular flexibility index (Phi) is 7.89. The molecule has 4 heteroatoms. The molecule has 0 saturated heterocycles. The lowest BCUT2D eigenvalue weighted by Crippen LogP contribution is -2.40. The van der Waals surface area contributed by atoms with E-state index in [0.717, 1.165) is 12.8 Å². The van der Waals surface area contributed by atoms with Gasteiger partial charge in [0, 0.05) is 13.3 Å². The molecule has 0 aliphatic carbocycles. The van der Waals surface area contributed by atoms with Crippen molar-refractivity contribution in [2.24, 2.45) is 0 Å². The van der Waals surface area contributed by atoms with Crippen LogP contribution in [0.25, 0.3) is 0 Å². The fourth-order valence-corrected chi connectivity index (χ4v) is 1.11. The number of nitrogens with one attached hydrogen (secondary N) is 2. The summed E-state index contributed by atoms with van der Waals surface area (Å²) in [5.74, 6) is -0.360. The van der Waals surface area contributed by atoms with Crippen LogP contribution < -0.4 is 10.9 Å². The first-order valence-corrected chi connectivity index (χ1v) is 5.22. The number of amides is 2. The van der Waals surface area contributed by atoms with Crippen molar-refractivity contribution in [1.82, 2.24) is 10.9 Å². The molecule has 0 aromatic rings. The van der Waals surface area contributed by atoms with Crippen molar-refractivity contribution in [2.45, 2.75) is 52.4 Å². The molecule has 14 heavy (non-hydrogen) atoms. The fourth-order valence-electron chi connectivity index (χ4n) is 1.11. The molecule has 0 aliphatic rings. The van der Waals surface area contributed by atoms with E-state index in [2.05, 4.69) is 17.8 Å². The molecule has 0 unspecified atom stereocenters. The van der Waals surface area contributed by atoms with Gasteiger partial charge >= 0.3 is 0 Å². The molecule has 0 spiro atoms. The first-order chi connectivity index (χ1) is 6.66. The third-order valence-electron chi connectivity index (χ3n) is 1.89. The summed E-state index contributed by atoms with van der Waals surface area (Å²) in [4.78, 5) is 21.5. The number of hydrogen-bond donors (Lipinski definition) is 2. The van der Waals surface area contributed by atoms with Gasteiger partial charge in [-0.05, 0) is 6.42 Å². The molecule has 0 fully saturated rings. The Bertz CT molecular complexity index is 181. The van der Waals surface area contributed by atoms with Gasteiger partial charge in [-0.25, -0.2) is 0 Å². The average Bonchev–Trinajstić information content (AvgIpc) is 2.14. The number of rotatable bonds is 6. The van der Waals surface area contributed by atoms with E-state index in [4.69, 9.17) is 0 Å². The highest BCUT2D eigenvalue weighted by Gasteiger charge is 2.00. The van der Waals surface area contributed by atoms with Gasteiger partial charge in [-0.1, -0.05) is 32.6 Å². The van der Waals surface area contributed by atoms with E-state index in [1.807, 2.05) is 0 Å². The molecule has 2 N–H and O–H groups in total. The van der Waals surface area contributed by atoms with Crippen molar-refractivity contribution in [2.75, 3.05) is 0 Å². The van der Waals surface area contributed by atoms with Crippen LogP contribution in [0.2, 0.25) is 0 Å². The predicted octanol–water partition coefficient (Wildman–Crippen LogP) is 1.51. The van der Waals surface area contributed by atoms with Crippen LogP contribution in [0, 0.1) is 0 Å². The molecule has 0 heterocycles. The molecule has 0 saturated carbocycles. The van der Waals surface area contributed by atoms with E-state index in [1.165, 1.54) is 26.2 Å². The molecule has 0 aromatic carbocycles. The number of carbonyl (C=O) groups excluding carboxylic acids is 2. The zero-order valence-electron chi connectivity index (χ0n) is 9.06. The zero-order chi connectivity index (χ0) is 10.8. The van der Waals surface area contributed by atoms with E-state index < -0.39 is 0 Å². The smallest absolute Gasteiger partial charge is 0.238 e. The molecule has 0 aromatic heterocycles. The average molecular weight is 200 g/mol. The van der Waals surface area contributed by atoms with E-state index in [-0.39, 0.29) is 11.8 Å². The molecule has 0 atom stereocenters. The van der Waals surface area contributed by atoms with Gasteiger partial charge in [0.25, 0.3) is 0 Å². The second-order valence-electron chi connectivity index (χ2n) is 3.39. The quantitative estimate of drug-likeness (QED) is 0.504. The van der Waals surface area contributed by atoms with Crippen LogP contribution >= 0.6 is 0 Å². The summed E-state index contributed by atoms with van der Waals surface area (Å²) in [7, 11) is 0. The SMILES string of the molecule is CCCCCCCC(=O)NNC(C)=O. The number of hydrazine groups is 1. The summed E-state index contributed by atoms with van der Waals surface area (Å²) in [6, 6.07) is 0. The summed E-state index contributed by atoms with van der Waals surface area (Å²) in [6.45, 7) is 3.52. The predicted molar refractivity (Wildman–Crippen MR) is 55.3 cm³/mol. The molecule has 0 rings (SSSR count). The maximum absolute atomic E-state index is 11.1. The van der Waals surface area contributed by atoms with Gasteiger partial charge in [0.1, 0.15) is 0 Å². The summed E-state index contributed by atoms with van der Waals surface area (Å²) >= 11 is 0. The number of hydrogen-bond acceptors (Lipinski definition) is 2. The third kappa shape index (κ3) is 9.03. The van der Waals surface area contributed by atoms with Crippen LogP contribution in [-0.4, -0.2) is 11.8 Å². The zero-order valence-corrected chi connectivity index (χ0v) is 9.06. The lowest BCUT2D eigenvalue weighted by Gasteiger charge is -2.04. The van der Waals surface area contributed by atoms with Gasteiger partial charge in [0.15, 0.2) is 0 Å². The standard InChI is InChI=1S/C10H20N2O2/c1-3-4-5-6-7-8-10(14)12-11-9(2)13/h3-8H2,1-2H3,(H,11,13)(H,12,14). The molecule has 2 amide bonds. The first kappa shape index (κ1) is 12.9. The number of unbranched alkanes of at least 4 members (excludes halogenated alkanes) is 4. The van der Waals surface area contributed by atoms with Crippen molar-refractivity contribution >= 4 is 11.8 Å². The molecule has 0 aliphatic heterocycles. The van der Waals surface area contributed by atoms with Gasteiger partial charge in [-0.3, -0.25) is 20.4 Å². The van der Waals surface area contributed by atoms with Gasteiger partial charge in [0.05, 0.1) is 0 Å². The van der Waals surface area contributed by atoms with Crippen LogP contribution in [0.15, 0.2) is 0 Å². The minimum absolute atomic E-state index is 0.114. The van der Waals surface area contributed by atoms with Gasteiger partial charge in [-0.2, -0.15) is 0 Å². The second kappa shape index (κ2) is 8.53. The third-order valence-corrected chi connectivity index (χ3v) is 1.89. The monoisotopic (exact) mass is 200 g/mol. The van der Waals surface area contributed by atoms with E-state index in [9.17, 15) is 9.59 Å². The first-order valence-electron chi connectivity index (χ1n) is 5.22. The van der Waals surface area contributed by atoms with Crippen LogP contribution in [0.3, 0.4) is 0 Å². The summed E-state index contributed by atoms with van der Waals surface area (Å²) in [6.07, 6.45) is 6.09. The Balaban J connectivity index is 3.22. The molecular formula is C10H20N2O2. The second-order valence-corrected chi connectivity index (χ2v) is 3.39. The lowest BCUT2D eigenvalue weighted by atomic mass is 10.1. The highest BCUT2D eigenvalue weighted by atomic mass is 16.2. The molecule has 0 radical (unpaired) electrons. The van der Waals surface area contributed by atoms with Crippen molar-refractivity contribution in [3.05, 3.63) is 0 Å². The highest BCUT2D eigenvalue weighted by Crippen LogP contribution is 2.04. The topological polar surface area (TPSA) is 58.2 Å². The Morgan fingerprint density at radius 2 is 1.64 bits per heavy atom. The minimum Gasteiger partial charge on any atom is -0.274 e. The Morgan fingerprint density at radius 1 is 1.00 bits per heavy atom. The number of carbonyl (C=O) groups is 2. The largest absolute Gasteiger partial charge is 0.274 e. The summed E-state index contributed by atoms with van der Waals surface area (Å²) < 4.78 is 0. The van der Waals surface area contributed by atoms with Crippen LogP contribution in [0.5, 0.6) is 0 Å². The normalized spacial score (nSPS) is 9.57. The van der Waals surface area contributed by atoms with Crippen molar-refractivity contribution in [3.63, 3.8) is 0 Å². The fraction of sp³-hybridized carbons (Fsp3) is 0.800. The van der Waals surface area contributed by atoms with E-state index in [0.29, 0.717) is 6.42 Å². The molecule has 82 valence electrons. The Labute approximate surface area is 85.4 Å². The highest BCUT2D eigenvalue weighted by molar-refractivity contribution is 5.80. The minimum atomic E-state index is -0.246. The van der Waals surface area contributed by atoms with Crippen molar-refractivity contribution in [3.8, 4) is 0 Å². The Morgan fingerprint density at radius 3 is 2.21 bits per heavy atom. The van der Waals surface area contributed by atoms with Crippen molar-refractivity contribution in [1.29, 1.82) is 0 Å². The molecule has 4 nitrogen and oxygen atoms in total. The maximum Gasteiger partial charge on any atom is 0.238 e. The van der Waals surface area contributed by atoms with Gasteiger partial charge in [0.2, 0.25) is 11.8 Å². The molecule has 0 bridgehead atoms. The van der Waals surface area contributed by atoms with Crippen LogP contribution in [0.4, 0.5) is 0 Å². The maximum atomic E-state index is 11.1. The van der Waals surface area contributed by atoms with Crippen molar-refractivity contribution < 1.29 is 9.59 Å². The van der Waals surface area contributed by atoms with Gasteiger partial charge in [-0.15, -0.1) is 0 Å². The van der Waals surface area contributed by atoms with E-state index >= 15 is 0 Å². The van der Waals surface area contributed by atoms with Gasteiger partial charge < -0.3 is 0 Å². The Hall–Kier alpha value is -1.06. The summed E-state index contributed by atoms with van der Waals surface area (Å²) in [5, 5.41) is 0. The van der Waals surface area contributed by atoms with Crippen LogP contribution in [-0.2, 0) is 9.59 Å². The van der Waals surface area contributed by atoms with E-state index in [1.54, 1.807) is 0 Å². The lowest BCUT2D eigenvalue weighted by molar-refractivity contribution is -0.127. The summed E-state index contributed by atoms with van der Waals surface area (Å²) in [5.41, 5.74) is 4.59. The van der Waals surface area contributed by atoms with Crippen LogP contribution in [0.1, 0.15) is 52.4 Å².